The van der Waals surface area contributed by atoms with Crippen LogP contribution in [0.1, 0.15) is 19.3 Å². The van der Waals surface area contributed by atoms with E-state index in [1.54, 1.807) is 0 Å². The number of morpholine rings is 1. The Hall–Kier alpha value is -2.17. The van der Waals surface area contributed by atoms with Crippen molar-refractivity contribution in [2.45, 2.75) is 31.7 Å². The maximum Gasteiger partial charge on any atom is 0.253 e. The number of nitrogens with one attached hydrogen (secondary N) is 1. The van der Waals surface area contributed by atoms with Gasteiger partial charge in [-0.05, 0) is 37.0 Å². The minimum atomic E-state index is -2.59. The lowest BCUT2D eigenvalue weighted by molar-refractivity contribution is -0.125. The summed E-state index contributed by atoms with van der Waals surface area (Å²) in [4.78, 5) is 27.3. The third-order valence-corrected chi connectivity index (χ3v) is 5.55. The molecule has 0 spiro atoms. The molecule has 1 aromatic rings. The summed E-state index contributed by atoms with van der Waals surface area (Å²) in [5, 5.41) is 2.56. The molecule has 1 saturated heterocycles. The number of nitrogens with zero attached hydrogens (tertiary/aromatic N) is 2. The van der Waals surface area contributed by atoms with Gasteiger partial charge in [0.15, 0.2) is 0 Å². The molecule has 3 N–H and O–H groups in total. The summed E-state index contributed by atoms with van der Waals surface area (Å²) in [5.41, 5.74) is 5.99. The number of halogens is 3. The maximum atomic E-state index is 14.6. The molecule has 1 aliphatic heterocycles. The number of carbonyl (C=O) groups is 2. The molecule has 1 atom stereocenters. The van der Waals surface area contributed by atoms with E-state index in [0.717, 1.165) is 25.3 Å². The van der Waals surface area contributed by atoms with Crippen molar-refractivity contribution < 1.29 is 27.5 Å². The Balaban J connectivity index is 1.69. The number of carbonyl (C=O) groups excluding carboxylic acids is 2. The molecule has 0 bridgehead atoms. The zero-order valence-corrected chi connectivity index (χ0v) is 16.7. The molecule has 1 saturated carbocycles. The van der Waals surface area contributed by atoms with Crippen molar-refractivity contribution in [3.8, 4) is 0 Å². The van der Waals surface area contributed by atoms with Gasteiger partial charge in [0.25, 0.3) is 12.3 Å². The third kappa shape index (κ3) is 5.50. The van der Waals surface area contributed by atoms with E-state index in [1.807, 2.05) is 0 Å². The molecule has 30 heavy (non-hydrogen) atoms. The number of ether oxygens (including phenoxy) is 1. The van der Waals surface area contributed by atoms with Crippen molar-refractivity contribution in [1.29, 1.82) is 0 Å². The Morgan fingerprint density at radius 1 is 1.37 bits per heavy atom. The Morgan fingerprint density at radius 2 is 2.13 bits per heavy atom. The smallest absolute Gasteiger partial charge is 0.253 e. The Labute approximate surface area is 173 Å². The second kappa shape index (κ2) is 10.2. The summed E-state index contributed by atoms with van der Waals surface area (Å²) in [6.45, 7) is 0.138. The Bertz CT molecular complexity index is 761. The van der Waals surface area contributed by atoms with E-state index in [9.17, 15) is 22.8 Å². The van der Waals surface area contributed by atoms with E-state index in [0.29, 0.717) is 13.2 Å². The highest BCUT2D eigenvalue weighted by atomic mass is 19.3. The number of amides is 2. The van der Waals surface area contributed by atoms with Crippen LogP contribution in [0.15, 0.2) is 18.2 Å². The molecule has 10 heteroatoms. The van der Waals surface area contributed by atoms with Gasteiger partial charge in [0.05, 0.1) is 18.8 Å². The highest BCUT2D eigenvalue weighted by molar-refractivity contribution is 5.97. The van der Waals surface area contributed by atoms with Gasteiger partial charge in [-0.15, -0.1) is 0 Å². The van der Waals surface area contributed by atoms with Gasteiger partial charge in [-0.2, -0.15) is 0 Å². The maximum absolute atomic E-state index is 14.6. The van der Waals surface area contributed by atoms with Gasteiger partial charge in [-0.25, -0.2) is 13.2 Å². The Morgan fingerprint density at radius 3 is 2.70 bits per heavy atom. The fourth-order valence-electron chi connectivity index (χ4n) is 3.74. The highest BCUT2D eigenvalue weighted by Gasteiger charge is 2.31. The first-order valence-electron chi connectivity index (χ1n) is 10.1. The average molecular weight is 428 g/mol. The zero-order chi connectivity index (χ0) is 21.7. The molecule has 1 heterocycles. The fourth-order valence-corrected chi connectivity index (χ4v) is 3.74. The first-order chi connectivity index (χ1) is 14.4. The van der Waals surface area contributed by atoms with Gasteiger partial charge < -0.3 is 20.7 Å². The molecule has 166 valence electrons. The average Bonchev–Trinajstić information content (AvgIpc) is 2.65. The molecule has 2 aliphatic rings. The van der Waals surface area contributed by atoms with Gasteiger partial charge in [-0.3, -0.25) is 14.5 Å². The SMILES string of the molecule is NC[C@H](C(=O)Nc1ccc(N2CCOCC2=O)c(F)c1)N(CC(F)F)CC1CCC1. The van der Waals surface area contributed by atoms with E-state index < -0.39 is 30.7 Å². The number of hydrogen-bond acceptors (Lipinski definition) is 5. The lowest BCUT2D eigenvalue weighted by Crippen LogP contribution is -2.52. The lowest BCUT2D eigenvalue weighted by Gasteiger charge is -2.36. The molecule has 1 aliphatic carbocycles. The third-order valence-electron chi connectivity index (χ3n) is 5.55. The number of benzene rings is 1. The largest absolute Gasteiger partial charge is 0.370 e. The molecule has 0 unspecified atom stereocenters. The number of hydrogen-bond donors (Lipinski definition) is 2. The van der Waals surface area contributed by atoms with E-state index in [1.165, 1.54) is 21.9 Å². The van der Waals surface area contributed by atoms with E-state index >= 15 is 0 Å². The highest BCUT2D eigenvalue weighted by Crippen LogP contribution is 2.28. The summed E-state index contributed by atoms with van der Waals surface area (Å²) in [6.07, 6.45) is 0.371. The number of anilines is 2. The summed E-state index contributed by atoms with van der Waals surface area (Å²) in [5.74, 6) is -1.30. The van der Waals surface area contributed by atoms with Gasteiger partial charge >= 0.3 is 0 Å². The molecule has 1 aromatic carbocycles. The normalized spacial score (nSPS) is 18.6. The first kappa shape index (κ1) is 22.5. The summed E-state index contributed by atoms with van der Waals surface area (Å²) in [7, 11) is 0. The predicted molar refractivity (Wildman–Crippen MR) is 106 cm³/mol. The van der Waals surface area contributed by atoms with Crippen molar-refractivity contribution in [2.24, 2.45) is 11.7 Å². The lowest BCUT2D eigenvalue weighted by atomic mass is 9.85. The molecule has 3 rings (SSSR count). The second-order valence-corrected chi connectivity index (χ2v) is 7.65. The number of alkyl halides is 2. The monoisotopic (exact) mass is 428 g/mol. The summed E-state index contributed by atoms with van der Waals surface area (Å²) in [6, 6.07) is 3.03. The first-order valence-corrected chi connectivity index (χ1v) is 10.1. The van der Waals surface area contributed by atoms with E-state index in [4.69, 9.17) is 10.5 Å². The topological polar surface area (TPSA) is 87.9 Å². The predicted octanol–water partition coefficient (Wildman–Crippen LogP) is 1.82. The molecule has 2 amide bonds. The standard InChI is InChI=1S/C20H27F3N4O3/c21-15-8-14(4-5-16(15)27-6-7-30-12-19(27)28)25-20(29)17(9-24)26(11-18(22)23)10-13-2-1-3-13/h4-5,8,13,17-18H,1-3,6-7,9-12,24H2,(H,25,29)/t17-/m1/s1. The number of nitrogens with two attached hydrogens (primary N) is 1. The van der Waals surface area contributed by atoms with Crippen LogP contribution < -0.4 is 16.0 Å². The van der Waals surface area contributed by atoms with Gasteiger partial charge in [-0.1, -0.05) is 6.42 Å². The van der Waals surface area contributed by atoms with E-state index in [-0.39, 0.29) is 42.9 Å². The van der Waals surface area contributed by atoms with Crippen LogP contribution in [0.3, 0.4) is 0 Å². The minimum absolute atomic E-state index is 0.0981. The Kier molecular flexibility index (Phi) is 7.68. The van der Waals surface area contributed by atoms with Crippen molar-refractivity contribution >= 4 is 23.2 Å². The molecule has 0 radical (unpaired) electrons. The molecule has 2 fully saturated rings. The van der Waals surface area contributed by atoms with Crippen LogP contribution in [-0.2, 0) is 14.3 Å². The van der Waals surface area contributed by atoms with Crippen LogP contribution >= 0.6 is 0 Å². The van der Waals surface area contributed by atoms with Crippen LogP contribution in [0.2, 0.25) is 0 Å². The molecule has 0 aromatic heterocycles. The molecular formula is C20H27F3N4O3. The van der Waals surface area contributed by atoms with E-state index in [2.05, 4.69) is 5.32 Å². The van der Waals surface area contributed by atoms with Crippen LogP contribution in [0, 0.1) is 11.7 Å². The minimum Gasteiger partial charge on any atom is -0.370 e. The summed E-state index contributed by atoms with van der Waals surface area (Å²) < 4.78 is 45.7. The molecule has 7 nitrogen and oxygen atoms in total. The number of rotatable bonds is 9. The quantitative estimate of drug-likeness (QED) is 0.627. The zero-order valence-electron chi connectivity index (χ0n) is 16.7. The van der Waals surface area contributed by atoms with Crippen molar-refractivity contribution in [1.82, 2.24) is 4.90 Å². The second-order valence-electron chi connectivity index (χ2n) is 7.65. The van der Waals surface area contributed by atoms with Crippen LogP contribution in [-0.4, -0.2) is 68.6 Å². The van der Waals surface area contributed by atoms with Gasteiger partial charge in [0.2, 0.25) is 5.91 Å². The van der Waals surface area contributed by atoms with Crippen LogP contribution in [0.4, 0.5) is 24.5 Å². The van der Waals surface area contributed by atoms with Gasteiger partial charge in [0, 0.05) is 25.3 Å². The molecular weight excluding hydrogens is 401 g/mol. The van der Waals surface area contributed by atoms with Crippen LogP contribution in [0.5, 0.6) is 0 Å². The van der Waals surface area contributed by atoms with Gasteiger partial charge in [0.1, 0.15) is 18.5 Å². The van der Waals surface area contributed by atoms with Crippen molar-refractivity contribution in [3.05, 3.63) is 24.0 Å². The fraction of sp³-hybridized carbons (Fsp3) is 0.600. The van der Waals surface area contributed by atoms with Crippen molar-refractivity contribution in [2.75, 3.05) is 49.6 Å². The van der Waals surface area contributed by atoms with Crippen LogP contribution in [0.25, 0.3) is 0 Å². The van der Waals surface area contributed by atoms with Crippen molar-refractivity contribution in [3.63, 3.8) is 0 Å². The summed E-state index contributed by atoms with van der Waals surface area (Å²) >= 11 is 0.